The van der Waals surface area contributed by atoms with Gasteiger partial charge in [0.15, 0.2) is 9.84 Å². The van der Waals surface area contributed by atoms with Gasteiger partial charge in [-0.1, -0.05) is 42.5 Å². The summed E-state index contributed by atoms with van der Waals surface area (Å²) in [4.78, 5) is 33.1. The summed E-state index contributed by atoms with van der Waals surface area (Å²) in [5, 5.41) is 13.4. The molecule has 0 amide bonds. The number of hydrogen-bond donors (Lipinski definition) is 2. The van der Waals surface area contributed by atoms with E-state index in [2.05, 4.69) is 17.4 Å². The normalized spacial score (nSPS) is 18.6. The molecule has 1 saturated heterocycles. The number of carboxylic acid groups (broad SMARTS) is 1. The molecule has 1 fully saturated rings. The lowest BCUT2D eigenvalue weighted by Crippen LogP contribution is -2.33. The van der Waals surface area contributed by atoms with Crippen LogP contribution in [-0.2, 0) is 22.9 Å². The topological polar surface area (TPSA) is 122 Å². The molecule has 9 nitrogen and oxygen atoms in total. The number of hydrogen-bond acceptors (Lipinski definition) is 7. The molecule has 10 heteroatoms. The van der Waals surface area contributed by atoms with Crippen molar-refractivity contribution in [1.82, 2.24) is 9.55 Å². The number of sulfone groups is 1. The molecule has 3 heterocycles. The largest absolute Gasteiger partial charge is 0.478 e. The van der Waals surface area contributed by atoms with E-state index in [0.29, 0.717) is 42.0 Å². The van der Waals surface area contributed by atoms with Crippen molar-refractivity contribution < 1.29 is 18.3 Å². The van der Waals surface area contributed by atoms with Crippen molar-refractivity contribution in [1.29, 1.82) is 0 Å². The number of fused-ring (bicyclic) bond motifs is 2. The predicted molar refractivity (Wildman–Crippen MR) is 155 cm³/mol. The Hall–Kier alpha value is -4.18. The molecule has 2 aliphatic heterocycles. The molecule has 2 aliphatic rings. The van der Waals surface area contributed by atoms with Crippen LogP contribution in [0.3, 0.4) is 0 Å². The molecule has 0 bridgehead atoms. The van der Waals surface area contributed by atoms with E-state index < -0.39 is 21.8 Å². The zero-order chi connectivity index (χ0) is 28.2. The number of nitrogens with zero attached hydrogens (tertiary/aromatic N) is 3. The second kappa shape index (κ2) is 9.78. The molecule has 3 aromatic carbocycles. The van der Waals surface area contributed by atoms with Crippen LogP contribution in [0.15, 0.2) is 65.5 Å². The van der Waals surface area contributed by atoms with Crippen molar-refractivity contribution in [3.63, 3.8) is 0 Å². The number of benzene rings is 3. The third kappa shape index (κ3) is 4.62. The average molecular weight is 559 g/mol. The minimum absolute atomic E-state index is 0.0464. The van der Waals surface area contributed by atoms with E-state index in [4.69, 9.17) is 4.98 Å². The van der Waals surface area contributed by atoms with Gasteiger partial charge in [-0.3, -0.25) is 9.36 Å². The van der Waals surface area contributed by atoms with Crippen molar-refractivity contribution in [2.45, 2.75) is 45.4 Å². The molecule has 206 valence electrons. The van der Waals surface area contributed by atoms with Crippen LogP contribution in [-0.4, -0.2) is 40.6 Å². The van der Waals surface area contributed by atoms with Crippen LogP contribution < -0.4 is 15.8 Å². The summed E-state index contributed by atoms with van der Waals surface area (Å²) in [5.41, 5.74) is 4.78. The van der Waals surface area contributed by atoms with E-state index >= 15 is 0 Å². The number of anilines is 2. The van der Waals surface area contributed by atoms with Gasteiger partial charge in [-0.25, -0.2) is 18.2 Å². The Morgan fingerprint density at radius 1 is 1.07 bits per heavy atom. The summed E-state index contributed by atoms with van der Waals surface area (Å²) in [6.45, 7) is 4.94. The molecule has 0 spiro atoms. The van der Waals surface area contributed by atoms with Crippen LogP contribution in [0.1, 0.15) is 58.0 Å². The van der Waals surface area contributed by atoms with E-state index in [-0.39, 0.29) is 28.7 Å². The van der Waals surface area contributed by atoms with Gasteiger partial charge < -0.3 is 15.3 Å². The monoisotopic (exact) mass is 558 g/mol. The Labute approximate surface area is 232 Å². The highest BCUT2D eigenvalue weighted by atomic mass is 32.2. The molecule has 0 radical (unpaired) electrons. The lowest BCUT2D eigenvalue weighted by atomic mass is 10.0. The lowest BCUT2D eigenvalue weighted by molar-refractivity contribution is 0.0698. The number of nitrogens with one attached hydrogen (secondary N) is 1. The summed E-state index contributed by atoms with van der Waals surface area (Å²) in [7, 11) is -3.25. The molecule has 2 atom stereocenters. The van der Waals surface area contributed by atoms with Crippen molar-refractivity contribution in [2.75, 3.05) is 21.7 Å². The second-order valence-corrected chi connectivity index (χ2v) is 13.0. The number of aromatic carboxylic acids is 1. The van der Waals surface area contributed by atoms with E-state index in [1.54, 1.807) is 34.9 Å². The minimum atomic E-state index is -3.25. The van der Waals surface area contributed by atoms with Crippen molar-refractivity contribution in [3.05, 3.63) is 98.8 Å². The van der Waals surface area contributed by atoms with Gasteiger partial charge >= 0.3 is 5.97 Å². The van der Waals surface area contributed by atoms with Gasteiger partial charge in [0.25, 0.3) is 5.56 Å². The third-order valence-corrected chi connectivity index (χ3v) is 9.60. The average Bonchev–Trinajstić information content (AvgIpc) is 3.51. The first-order chi connectivity index (χ1) is 19.1. The predicted octanol–water partition coefficient (Wildman–Crippen LogP) is 4.46. The molecule has 6 rings (SSSR count). The van der Waals surface area contributed by atoms with Crippen LogP contribution >= 0.6 is 0 Å². The van der Waals surface area contributed by atoms with Crippen LogP contribution in [0.5, 0.6) is 0 Å². The van der Waals surface area contributed by atoms with Crippen LogP contribution in [0.4, 0.5) is 11.6 Å². The molecular formula is C30H30N4O5S. The first-order valence-electron chi connectivity index (χ1n) is 13.3. The van der Waals surface area contributed by atoms with Gasteiger partial charge in [-0.15, -0.1) is 0 Å². The first kappa shape index (κ1) is 26.1. The molecule has 40 heavy (non-hydrogen) atoms. The maximum atomic E-state index is 14.2. The summed E-state index contributed by atoms with van der Waals surface area (Å²) >= 11 is 0. The zero-order valence-electron chi connectivity index (χ0n) is 22.3. The van der Waals surface area contributed by atoms with Gasteiger partial charge in [-0.2, -0.15) is 0 Å². The van der Waals surface area contributed by atoms with Crippen LogP contribution in [0, 0.1) is 6.92 Å². The molecular weight excluding hydrogens is 528 g/mol. The fourth-order valence-electron chi connectivity index (χ4n) is 5.91. The first-order valence-corrected chi connectivity index (χ1v) is 15.1. The highest BCUT2D eigenvalue weighted by molar-refractivity contribution is 7.91. The zero-order valence-corrected chi connectivity index (χ0v) is 23.1. The Bertz CT molecular complexity index is 1810. The highest BCUT2D eigenvalue weighted by Crippen LogP contribution is 2.34. The smallest absolute Gasteiger partial charge is 0.337 e. The summed E-state index contributed by atoms with van der Waals surface area (Å²) in [5.74, 6) is -0.617. The standard InChI is InChI=1S/C30H30N4O5S/c1-18-13-24(19(2)31-26-10-6-5-9-23(26)29(36)37)27-25(14-18)28(35)34(22-11-12-40(38,39)17-22)30(32-27)33-15-20-7-3-4-8-21(20)16-33/h3-10,13-14,19,22,31H,11-12,15-17H2,1-2H3,(H,36,37)/t19?,22-/m1/s1. The van der Waals surface area contributed by atoms with Gasteiger partial charge in [0.1, 0.15) is 0 Å². The lowest BCUT2D eigenvalue weighted by Gasteiger charge is -2.26. The van der Waals surface area contributed by atoms with Gasteiger partial charge in [0, 0.05) is 24.3 Å². The molecule has 0 aliphatic carbocycles. The van der Waals surface area contributed by atoms with Crippen molar-refractivity contribution in [3.8, 4) is 0 Å². The van der Waals surface area contributed by atoms with Crippen LogP contribution in [0.2, 0.25) is 0 Å². The van der Waals surface area contributed by atoms with E-state index in [1.165, 1.54) is 0 Å². The number of carboxylic acids is 1. The highest BCUT2D eigenvalue weighted by Gasteiger charge is 2.34. The third-order valence-electron chi connectivity index (χ3n) is 7.85. The molecule has 2 N–H and O–H groups in total. The Kier molecular flexibility index (Phi) is 6.37. The molecule has 4 aromatic rings. The fourth-order valence-corrected chi connectivity index (χ4v) is 7.61. The van der Waals surface area contributed by atoms with Crippen LogP contribution in [0.25, 0.3) is 10.9 Å². The Morgan fingerprint density at radius 2 is 1.75 bits per heavy atom. The Morgan fingerprint density at radius 3 is 2.40 bits per heavy atom. The van der Waals surface area contributed by atoms with Crippen molar-refractivity contribution >= 4 is 38.3 Å². The van der Waals surface area contributed by atoms with E-state index in [1.807, 2.05) is 36.9 Å². The van der Waals surface area contributed by atoms with Gasteiger partial charge in [0.05, 0.1) is 40.1 Å². The van der Waals surface area contributed by atoms with Crippen molar-refractivity contribution in [2.24, 2.45) is 0 Å². The maximum Gasteiger partial charge on any atom is 0.337 e. The quantitative estimate of drug-likeness (QED) is 0.356. The molecule has 0 saturated carbocycles. The summed E-state index contributed by atoms with van der Waals surface area (Å²) < 4.78 is 26.5. The molecule has 1 aromatic heterocycles. The molecule has 1 unspecified atom stereocenters. The number of aryl methyl sites for hydroxylation is 1. The Balaban J connectivity index is 1.52. The SMILES string of the molecule is Cc1cc(C(C)Nc2ccccc2C(=O)O)c2nc(N3Cc4ccccc4C3)n([C@@H]3CCS(=O)(=O)C3)c(=O)c2c1. The second-order valence-electron chi connectivity index (χ2n) is 10.7. The van der Waals surface area contributed by atoms with E-state index in [0.717, 1.165) is 22.3 Å². The number of carbonyl (C=O) groups is 1. The maximum absolute atomic E-state index is 14.2. The number of rotatable bonds is 6. The number of aromatic nitrogens is 2. The number of para-hydroxylation sites is 1. The van der Waals surface area contributed by atoms with E-state index in [9.17, 15) is 23.1 Å². The van der Waals surface area contributed by atoms with Gasteiger partial charge in [-0.05, 0) is 55.2 Å². The summed E-state index contributed by atoms with van der Waals surface area (Å²) in [6, 6.07) is 17.7. The van der Waals surface area contributed by atoms with Gasteiger partial charge in [0.2, 0.25) is 5.95 Å². The summed E-state index contributed by atoms with van der Waals surface area (Å²) in [6.07, 6.45) is 0.367. The fraction of sp³-hybridized carbons (Fsp3) is 0.300. The minimum Gasteiger partial charge on any atom is -0.478 e.